The highest BCUT2D eigenvalue weighted by Crippen LogP contribution is 2.00. The fourth-order valence-electron chi connectivity index (χ4n) is 0.762. The standard InChI is InChI=1S/C9H14N2O4S/c1-3-14-7(12)6(5-11-9(10)16)8(13)15-4-2/h5H,3-4H2,1-2H3,(H3,10,11,16). The van der Waals surface area contributed by atoms with Gasteiger partial charge < -0.3 is 20.5 Å². The summed E-state index contributed by atoms with van der Waals surface area (Å²) in [6.45, 7) is 3.56. The van der Waals surface area contributed by atoms with Crippen LogP contribution < -0.4 is 11.1 Å². The number of esters is 2. The third-order valence-corrected chi connectivity index (χ3v) is 1.47. The number of thiocarbonyl (C=S) groups is 1. The number of nitrogens with two attached hydrogens (primary N) is 1. The van der Waals surface area contributed by atoms with E-state index in [1.165, 1.54) is 0 Å². The Morgan fingerprint density at radius 1 is 1.25 bits per heavy atom. The third-order valence-electron chi connectivity index (χ3n) is 1.35. The summed E-state index contributed by atoms with van der Waals surface area (Å²) in [5.74, 6) is -1.57. The van der Waals surface area contributed by atoms with E-state index in [1.54, 1.807) is 13.8 Å². The summed E-state index contributed by atoms with van der Waals surface area (Å²) in [7, 11) is 0. The molecular weight excluding hydrogens is 232 g/mol. The van der Waals surface area contributed by atoms with E-state index >= 15 is 0 Å². The predicted octanol–water partition coefficient (Wildman–Crippen LogP) is -0.170. The summed E-state index contributed by atoms with van der Waals surface area (Å²) >= 11 is 4.53. The van der Waals surface area contributed by atoms with E-state index in [-0.39, 0.29) is 23.9 Å². The summed E-state index contributed by atoms with van der Waals surface area (Å²) in [6, 6.07) is 0. The Hall–Kier alpha value is -1.63. The van der Waals surface area contributed by atoms with Gasteiger partial charge in [0.15, 0.2) is 10.7 Å². The molecule has 0 bridgehead atoms. The zero-order chi connectivity index (χ0) is 12.6. The molecule has 3 N–H and O–H groups in total. The zero-order valence-electron chi connectivity index (χ0n) is 9.11. The van der Waals surface area contributed by atoms with Crippen LogP contribution in [0, 0.1) is 0 Å². The second kappa shape index (κ2) is 7.63. The van der Waals surface area contributed by atoms with Crippen LogP contribution in [0.5, 0.6) is 0 Å². The van der Waals surface area contributed by atoms with E-state index in [1.807, 2.05) is 0 Å². The lowest BCUT2D eigenvalue weighted by Crippen LogP contribution is -2.27. The van der Waals surface area contributed by atoms with E-state index in [9.17, 15) is 9.59 Å². The van der Waals surface area contributed by atoms with Gasteiger partial charge >= 0.3 is 11.9 Å². The van der Waals surface area contributed by atoms with Crippen LogP contribution in [0.4, 0.5) is 0 Å². The van der Waals surface area contributed by atoms with Crippen molar-refractivity contribution in [3.05, 3.63) is 11.8 Å². The molecule has 0 aliphatic heterocycles. The van der Waals surface area contributed by atoms with Crippen LogP contribution in [0.2, 0.25) is 0 Å². The molecule has 0 aliphatic carbocycles. The van der Waals surface area contributed by atoms with Crippen LogP contribution >= 0.6 is 12.2 Å². The Labute approximate surface area is 98.8 Å². The Morgan fingerprint density at radius 3 is 2.00 bits per heavy atom. The van der Waals surface area contributed by atoms with Gasteiger partial charge in [0.1, 0.15) is 0 Å². The molecule has 0 unspecified atom stereocenters. The number of rotatable bonds is 5. The number of hydrogen-bond acceptors (Lipinski definition) is 5. The number of carbonyl (C=O) groups excluding carboxylic acids is 2. The highest BCUT2D eigenvalue weighted by Gasteiger charge is 2.20. The Bertz CT molecular complexity index is 295. The maximum Gasteiger partial charge on any atom is 0.347 e. The van der Waals surface area contributed by atoms with Crippen LogP contribution in [0.1, 0.15) is 13.8 Å². The van der Waals surface area contributed by atoms with Gasteiger partial charge in [-0.2, -0.15) is 0 Å². The zero-order valence-corrected chi connectivity index (χ0v) is 9.93. The minimum Gasteiger partial charge on any atom is -0.462 e. The average molecular weight is 246 g/mol. The topological polar surface area (TPSA) is 90.6 Å². The molecule has 6 nitrogen and oxygen atoms in total. The van der Waals surface area contributed by atoms with Crippen LogP contribution in [0.15, 0.2) is 11.8 Å². The van der Waals surface area contributed by atoms with E-state index in [0.29, 0.717) is 0 Å². The molecule has 0 aromatic heterocycles. The molecule has 0 atom stereocenters. The largest absolute Gasteiger partial charge is 0.462 e. The summed E-state index contributed by atoms with van der Waals surface area (Å²) in [5, 5.41) is 2.31. The fraction of sp³-hybridized carbons (Fsp3) is 0.444. The summed E-state index contributed by atoms with van der Waals surface area (Å²) < 4.78 is 9.34. The lowest BCUT2D eigenvalue weighted by Gasteiger charge is -2.06. The van der Waals surface area contributed by atoms with Crippen molar-refractivity contribution in [2.45, 2.75) is 13.8 Å². The van der Waals surface area contributed by atoms with Crippen LogP contribution in [-0.2, 0) is 19.1 Å². The quantitative estimate of drug-likeness (QED) is 0.229. The van der Waals surface area contributed by atoms with Crippen molar-refractivity contribution in [3.63, 3.8) is 0 Å². The molecule has 0 radical (unpaired) electrons. The van der Waals surface area contributed by atoms with Crippen molar-refractivity contribution in [2.75, 3.05) is 13.2 Å². The summed E-state index contributed by atoms with van der Waals surface area (Å²) in [5.41, 5.74) is 4.88. The summed E-state index contributed by atoms with van der Waals surface area (Å²) in [6.07, 6.45) is 1.07. The number of hydrogen-bond donors (Lipinski definition) is 2. The molecule has 16 heavy (non-hydrogen) atoms. The molecule has 0 spiro atoms. The monoisotopic (exact) mass is 246 g/mol. The van der Waals surface area contributed by atoms with E-state index < -0.39 is 11.9 Å². The van der Waals surface area contributed by atoms with Crippen molar-refractivity contribution in [1.29, 1.82) is 0 Å². The lowest BCUT2D eigenvalue weighted by molar-refractivity contribution is -0.146. The highest BCUT2D eigenvalue weighted by molar-refractivity contribution is 7.80. The maximum absolute atomic E-state index is 11.4. The maximum atomic E-state index is 11.4. The first-order valence-electron chi connectivity index (χ1n) is 4.63. The van der Waals surface area contributed by atoms with Crippen molar-refractivity contribution in [1.82, 2.24) is 5.32 Å². The van der Waals surface area contributed by atoms with Crippen LogP contribution in [0.3, 0.4) is 0 Å². The second-order valence-electron chi connectivity index (χ2n) is 2.51. The molecule has 0 saturated heterocycles. The summed E-state index contributed by atoms with van der Waals surface area (Å²) in [4.78, 5) is 22.7. The van der Waals surface area contributed by atoms with E-state index in [2.05, 4.69) is 27.0 Å². The number of carbonyl (C=O) groups is 2. The first kappa shape index (κ1) is 14.4. The van der Waals surface area contributed by atoms with Gasteiger partial charge in [-0.3, -0.25) is 0 Å². The second-order valence-corrected chi connectivity index (χ2v) is 2.95. The fourth-order valence-corrected chi connectivity index (χ4v) is 0.821. The average Bonchev–Trinajstić information content (AvgIpc) is 2.18. The van der Waals surface area contributed by atoms with Crippen molar-refractivity contribution in [2.24, 2.45) is 5.73 Å². The van der Waals surface area contributed by atoms with Gasteiger partial charge in [0.2, 0.25) is 0 Å². The molecule has 90 valence electrons. The normalized spacial score (nSPS) is 8.88. The first-order valence-corrected chi connectivity index (χ1v) is 5.04. The Morgan fingerprint density at radius 2 is 1.69 bits per heavy atom. The number of ether oxygens (including phenoxy) is 2. The van der Waals surface area contributed by atoms with E-state index in [4.69, 9.17) is 5.73 Å². The van der Waals surface area contributed by atoms with E-state index in [0.717, 1.165) is 6.20 Å². The van der Waals surface area contributed by atoms with Gasteiger partial charge in [-0.1, -0.05) is 0 Å². The van der Waals surface area contributed by atoms with Crippen LogP contribution in [0.25, 0.3) is 0 Å². The molecule has 0 heterocycles. The van der Waals surface area contributed by atoms with Crippen molar-refractivity contribution >= 4 is 29.3 Å². The molecular formula is C9H14N2O4S. The van der Waals surface area contributed by atoms with Crippen molar-refractivity contribution in [3.8, 4) is 0 Å². The first-order chi connectivity index (χ1) is 7.52. The molecule has 0 rings (SSSR count). The molecule has 7 heteroatoms. The molecule has 0 saturated carbocycles. The lowest BCUT2D eigenvalue weighted by atomic mass is 10.3. The van der Waals surface area contributed by atoms with Crippen LogP contribution in [-0.4, -0.2) is 30.3 Å². The Balaban J connectivity index is 4.74. The molecule has 0 aromatic rings. The minimum atomic E-state index is -0.787. The number of nitrogens with one attached hydrogen (secondary N) is 1. The highest BCUT2D eigenvalue weighted by atomic mass is 32.1. The van der Waals surface area contributed by atoms with Gasteiger partial charge in [-0.15, -0.1) is 0 Å². The SMILES string of the molecule is CCOC(=O)C(=CNC(N)=S)C(=O)OCC. The Kier molecular flexibility index (Phi) is 6.86. The molecule has 0 aromatic carbocycles. The van der Waals surface area contributed by atoms with Gasteiger partial charge in [0, 0.05) is 6.20 Å². The molecule has 0 amide bonds. The van der Waals surface area contributed by atoms with Gasteiger partial charge in [-0.25, -0.2) is 9.59 Å². The van der Waals surface area contributed by atoms with Gasteiger partial charge in [0.05, 0.1) is 13.2 Å². The van der Waals surface area contributed by atoms with Gasteiger partial charge in [-0.05, 0) is 26.1 Å². The smallest absolute Gasteiger partial charge is 0.347 e. The third kappa shape index (κ3) is 5.30. The molecule has 0 aliphatic rings. The predicted molar refractivity (Wildman–Crippen MR) is 61.3 cm³/mol. The minimum absolute atomic E-state index is 0.0638. The molecule has 0 fully saturated rings. The van der Waals surface area contributed by atoms with Gasteiger partial charge in [0.25, 0.3) is 0 Å². The van der Waals surface area contributed by atoms with Crippen molar-refractivity contribution < 1.29 is 19.1 Å².